The highest BCUT2D eigenvalue weighted by molar-refractivity contribution is 8.00. The maximum absolute atomic E-state index is 4.37. The van der Waals surface area contributed by atoms with Crippen molar-refractivity contribution in [2.24, 2.45) is 0 Å². The van der Waals surface area contributed by atoms with E-state index in [9.17, 15) is 0 Å². The molecule has 0 aliphatic rings. The normalized spacial score (nSPS) is 10.4. The zero-order valence-electron chi connectivity index (χ0n) is 8.97. The number of nitrogens with one attached hydrogen (secondary N) is 1. The highest BCUT2D eigenvalue weighted by atomic mass is 32.2. The van der Waals surface area contributed by atoms with Gasteiger partial charge in [0.05, 0.1) is 5.75 Å². The first kappa shape index (κ1) is 11.3. The average molecular weight is 253 g/mol. The number of thioether (sulfide) groups is 1. The summed E-state index contributed by atoms with van der Waals surface area (Å²) in [5, 5.41) is 10.8. The van der Waals surface area contributed by atoms with E-state index < -0.39 is 0 Å². The number of hydrogen-bond donors (Lipinski definition) is 1. The molecule has 0 saturated heterocycles. The van der Waals surface area contributed by atoms with Crippen LogP contribution in [0.4, 0.5) is 5.82 Å². The predicted molar refractivity (Wildman–Crippen MR) is 65.8 cm³/mol. The van der Waals surface area contributed by atoms with E-state index in [-0.39, 0.29) is 0 Å². The highest BCUT2D eigenvalue weighted by Gasteiger charge is 2.04. The van der Waals surface area contributed by atoms with Gasteiger partial charge in [-0.25, -0.2) is 9.97 Å². The minimum Gasteiger partial charge on any atom is -0.373 e. The summed E-state index contributed by atoms with van der Waals surface area (Å²) in [5.41, 5.74) is 2.69. The van der Waals surface area contributed by atoms with Crippen LogP contribution in [0.2, 0.25) is 0 Å². The van der Waals surface area contributed by atoms with Crippen LogP contribution in [-0.4, -0.2) is 27.2 Å². The Morgan fingerprint density at radius 2 is 2.31 bits per heavy atom. The molecule has 0 aromatic carbocycles. The van der Waals surface area contributed by atoms with Crippen molar-refractivity contribution >= 4 is 28.9 Å². The smallest absolute Gasteiger partial charge is 0.174 e. The molecule has 16 heavy (non-hydrogen) atoms. The summed E-state index contributed by atoms with van der Waals surface area (Å²) in [4.78, 5) is 8.73. The van der Waals surface area contributed by atoms with E-state index in [1.54, 1.807) is 17.3 Å². The number of nitrogens with zero attached hydrogens (tertiary/aromatic N) is 4. The third kappa shape index (κ3) is 2.89. The lowest BCUT2D eigenvalue weighted by Gasteiger charge is -2.03. The summed E-state index contributed by atoms with van der Waals surface area (Å²) in [6.45, 7) is 1.96. The minimum atomic E-state index is 0.714. The molecular formula is C9H11N5S2. The monoisotopic (exact) mass is 253 g/mol. The molecule has 7 heteroatoms. The second-order valence-electron chi connectivity index (χ2n) is 3.05. The summed E-state index contributed by atoms with van der Waals surface area (Å²) in [6, 6.07) is 1.92. The van der Waals surface area contributed by atoms with Gasteiger partial charge in [-0.05, 0) is 6.92 Å². The van der Waals surface area contributed by atoms with Crippen LogP contribution in [0.3, 0.4) is 0 Å². The molecule has 2 heterocycles. The Morgan fingerprint density at radius 3 is 3.00 bits per heavy atom. The van der Waals surface area contributed by atoms with Crippen molar-refractivity contribution in [1.82, 2.24) is 20.2 Å². The Kier molecular flexibility index (Phi) is 3.68. The van der Waals surface area contributed by atoms with Crippen molar-refractivity contribution in [2.45, 2.75) is 17.0 Å². The highest BCUT2D eigenvalue weighted by Crippen LogP contribution is 2.22. The van der Waals surface area contributed by atoms with Crippen LogP contribution < -0.4 is 5.32 Å². The molecule has 2 aromatic rings. The van der Waals surface area contributed by atoms with Crippen molar-refractivity contribution in [3.05, 3.63) is 23.1 Å². The van der Waals surface area contributed by atoms with Gasteiger partial charge in [0.15, 0.2) is 4.34 Å². The first-order valence-corrected chi connectivity index (χ1v) is 6.56. The standard InChI is InChI=1S/C9H11N5S2/c1-6-3-7(10-2)13-8(12-6)4-15-9-14-11-5-16-9/h3,5H,4H2,1-2H3,(H,10,12,13). The van der Waals surface area contributed by atoms with E-state index in [4.69, 9.17) is 0 Å². The topological polar surface area (TPSA) is 63.6 Å². The van der Waals surface area contributed by atoms with E-state index >= 15 is 0 Å². The molecule has 0 spiro atoms. The van der Waals surface area contributed by atoms with Gasteiger partial charge in [0.2, 0.25) is 0 Å². The second kappa shape index (κ2) is 5.22. The number of anilines is 1. The molecule has 0 atom stereocenters. The van der Waals surface area contributed by atoms with Crippen LogP contribution in [0.5, 0.6) is 0 Å². The SMILES string of the molecule is CNc1cc(C)nc(CSc2nncs2)n1. The lowest BCUT2D eigenvalue weighted by Crippen LogP contribution is -2.00. The zero-order chi connectivity index (χ0) is 11.4. The van der Waals surface area contributed by atoms with Gasteiger partial charge in [-0.2, -0.15) is 0 Å². The van der Waals surface area contributed by atoms with Crippen molar-refractivity contribution in [2.75, 3.05) is 12.4 Å². The number of aryl methyl sites for hydroxylation is 1. The largest absolute Gasteiger partial charge is 0.373 e. The molecular weight excluding hydrogens is 242 g/mol. The van der Waals surface area contributed by atoms with Crippen molar-refractivity contribution < 1.29 is 0 Å². The van der Waals surface area contributed by atoms with E-state index in [0.717, 1.165) is 21.7 Å². The van der Waals surface area contributed by atoms with Crippen LogP contribution >= 0.6 is 23.1 Å². The van der Waals surface area contributed by atoms with Crippen LogP contribution in [0.1, 0.15) is 11.5 Å². The molecule has 2 rings (SSSR count). The fourth-order valence-electron chi connectivity index (χ4n) is 1.17. The molecule has 0 aliphatic carbocycles. The zero-order valence-corrected chi connectivity index (χ0v) is 10.6. The molecule has 0 aliphatic heterocycles. The van der Waals surface area contributed by atoms with Gasteiger partial charge < -0.3 is 5.32 Å². The Morgan fingerprint density at radius 1 is 1.44 bits per heavy atom. The van der Waals surface area contributed by atoms with E-state index in [1.807, 2.05) is 20.0 Å². The maximum Gasteiger partial charge on any atom is 0.174 e. The minimum absolute atomic E-state index is 0.714. The molecule has 0 amide bonds. The fraction of sp³-hybridized carbons (Fsp3) is 0.333. The van der Waals surface area contributed by atoms with Crippen LogP contribution in [0.15, 0.2) is 15.9 Å². The van der Waals surface area contributed by atoms with Gasteiger partial charge in [-0.15, -0.1) is 10.2 Å². The summed E-state index contributed by atoms with van der Waals surface area (Å²) < 4.78 is 0.941. The number of hydrogen-bond acceptors (Lipinski definition) is 7. The molecule has 0 bridgehead atoms. The summed E-state index contributed by atoms with van der Waals surface area (Å²) in [7, 11) is 1.85. The van der Waals surface area contributed by atoms with Crippen LogP contribution in [0, 0.1) is 6.92 Å². The quantitative estimate of drug-likeness (QED) is 0.840. The summed E-state index contributed by atoms with van der Waals surface area (Å²) in [5.74, 6) is 2.37. The summed E-state index contributed by atoms with van der Waals surface area (Å²) in [6.07, 6.45) is 0. The van der Waals surface area contributed by atoms with Gasteiger partial charge in [0.25, 0.3) is 0 Å². The van der Waals surface area contributed by atoms with Gasteiger partial charge in [0.1, 0.15) is 17.2 Å². The molecule has 5 nitrogen and oxygen atoms in total. The van der Waals surface area contributed by atoms with Crippen LogP contribution in [0.25, 0.3) is 0 Å². The molecule has 0 fully saturated rings. The van der Waals surface area contributed by atoms with Crippen molar-refractivity contribution in [3.8, 4) is 0 Å². The Hall–Kier alpha value is -1.21. The fourth-order valence-corrected chi connectivity index (χ4v) is 2.52. The third-order valence-electron chi connectivity index (χ3n) is 1.82. The first-order chi connectivity index (χ1) is 7.78. The molecule has 84 valence electrons. The average Bonchev–Trinajstić information content (AvgIpc) is 2.78. The van der Waals surface area contributed by atoms with E-state index in [1.165, 1.54) is 11.3 Å². The maximum atomic E-state index is 4.37. The molecule has 1 N–H and O–H groups in total. The molecule has 2 aromatic heterocycles. The van der Waals surface area contributed by atoms with Gasteiger partial charge in [0, 0.05) is 18.8 Å². The Balaban J connectivity index is 2.06. The Bertz CT molecular complexity index is 457. The Labute approximate surface area is 102 Å². The van der Waals surface area contributed by atoms with Crippen molar-refractivity contribution in [1.29, 1.82) is 0 Å². The molecule has 0 radical (unpaired) electrons. The lowest BCUT2D eigenvalue weighted by molar-refractivity contribution is 0.985. The number of rotatable bonds is 4. The summed E-state index contributed by atoms with van der Waals surface area (Å²) >= 11 is 3.13. The van der Waals surface area contributed by atoms with Crippen molar-refractivity contribution in [3.63, 3.8) is 0 Å². The third-order valence-corrected chi connectivity index (χ3v) is 3.68. The van der Waals surface area contributed by atoms with Gasteiger partial charge in [-0.3, -0.25) is 0 Å². The lowest BCUT2D eigenvalue weighted by atomic mass is 10.4. The predicted octanol–water partition coefficient (Wildman–Crippen LogP) is 1.97. The molecule has 0 saturated carbocycles. The van der Waals surface area contributed by atoms with E-state index in [0.29, 0.717) is 5.75 Å². The molecule has 0 unspecified atom stereocenters. The number of aromatic nitrogens is 4. The van der Waals surface area contributed by atoms with Gasteiger partial charge in [-0.1, -0.05) is 23.1 Å². The second-order valence-corrected chi connectivity index (χ2v) is 5.11. The van der Waals surface area contributed by atoms with Crippen LogP contribution in [-0.2, 0) is 5.75 Å². The first-order valence-electron chi connectivity index (χ1n) is 4.69. The van der Waals surface area contributed by atoms with E-state index in [2.05, 4.69) is 25.5 Å². The van der Waals surface area contributed by atoms with Gasteiger partial charge >= 0.3 is 0 Å².